The zero-order valence-corrected chi connectivity index (χ0v) is 23.3. The number of fused-ring (bicyclic) bond motifs is 1. The molecule has 2 aromatic heterocycles. The Hall–Kier alpha value is -3.09. The number of anilines is 1. The predicted molar refractivity (Wildman–Crippen MR) is 149 cm³/mol. The van der Waals surface area contributed by atoms with Crippen LogP contribution in [0.2, 0.25) is 0 Å². The number of benzene rings is 1. The number of nitriles is 1. The Morgan fingerprint density at radius 2 is 2.00 bits per heavy atom. The molecule has 1 unspecified atom stereocenters. The van der Waals surface area contributed by atoms with Crippen LogP contribution in [-0.2, 0) is 24.2 Å². The van der Waals surface area contributed by atoms with Crippen molar-refractivity contribution in [1.82, 2.24) is 14.8 Å². The number of nitrogens with one attached hydrogen (secondary N) is 1. The summed E-state index contributed by atoms with van der Waals surface area (Å²) < 4.78 is 8.06. The molecule has 0 saturated heterocycles. The Labute approximate surface area is 226 Å². The Morgan fingerprint density at radius 1 is 1.24 bits per heavy atom. The molecule has 194 valence electrons. The number of hydrogen-bond acceptors (Lipinski definition) is 7. The van der Waals surface area contributed by atoms with Crippen molar-refractivity contribution in [3.05, 3.63) is 64.3 Å². The molecule has 1 aliphatic carbocycles. The summed E-state index contributed by atoms with van der Waals surface area (Å²) in [5, 5.41) is 22.7. The predicted octanol–water partition coefficient (Wildman–Crippen LogP) is 6.66. The van der Waals surface area contributed by atoms with E-state index in [9.17, 15) is 10.1 Å². The van der Waals surface area contributed by atoms with E-state index in [0.29, 0.717) is 34.0 Å². The van der Waals surface area contributed by atoms with Gasteiger partial charge in [-0.05, 0) is 61.8 Å². The molecular formula is C28H33N5O2S2. The van der Waals surface area contributed by atoms with Crippen LogP contribution in [0.3, 0.4) is 0 Å². The number of aromatic nitrogens is 3. The average Bonchev–Trinajstić information content (AvgIpc) is 3.34. The molecule has 1 aromatic carbocycles. The summed E-state index contributed by atoms with van der Waals surface area (Å²) in [6, 6.07) is 10.4. The fourth-order valence-electron chi connectivity index (χ4n) is 4.44. The van der Waals surface area contributed by atoms with Crippen molar-refractivity contribution < 1.29 is 9.53 Å². The van der Waals surface area contributed by atoms with Crippen LogP contribution in [0, 0.1) is 11.3 Å². The van der Waals surface area contributed by atoms with Gasteiger partial charge in [-0.2, -0.15) is 5.26 Å². The molecule has 0 spiro atoms. The topological polar surface area (TPSA) is 92.8 Å². The normalized spacial score (nSPS) is 13.9. The molecule has 0 fully saturated rings. The summed E-state index contributed by atoms with van der Waals surface area (Å²) in [5.41, 5.74) is 3.01. The number of allylic oxidation sites excluding steroid dienone is 1. The lowest BCUT2D eigenvalue weighted by Crippen LogP contribution is -2.15. The largest absolute Gasteiger partial charge is 0.483 e. The summed E-state index contributed by atoms with van der Waals surface area (Å²) in [5.74, 6) is 1.89. The maximum Gasteiger partial charge on any atom is 0.235 e. The Kier molecular flexibility index (Phi) is 9.06. The third kappa shape index (κ3) is 6.43. The van der Waals surface area contributed by atoms with Gasteiger partial charge in [-0.15, -0.1) is 28.1 Å². The number of carbonyl (C=O) groups excluding carboxylic acids is 1. The SMILES string of the molecule is C=CCn1c(SCC(=O)Nc2sc3c(c2C#N)CCCCC3)nnc1C(C)Oc1ccc(C(C)C)cc1. The average molecular weight is 536 g/mol. The molecule has 0 bridgehead atoms. The third-order valence-electron chi connectivity index (χ3n) is 6.40. The van der Waals surface area contributed by atoms with Crippen LogP contribution in [0.25, 0.3) is 0 Å². The van der Waals surface area contributed by atoms with Crippen molar-refractivity contribution in [2.24, 2.45) is 0 Å². The van der Waals surface area contributed by atoms with Crippen molar-refractivity contribution in [3.8, 4) is 11.8 Å². The van der Waals surface area contributed by atoms with Gasteiger partial charge in [0, 0.05) is 11.4 Å². The third-order valence-corrected chi connectivity index (χ3v) is 8.57. The van der Waals surface area contributed by atoms with Gasteiger partial charge in [-0.25, -0.2) is 0 Å². The first-order valence-electron chi connectivity index (χ1n) is 12.7. The minimum atomic E-state index is -0.333. The molecular weight excluding hydrogens is 502 g/mol. The van der Waals surface area contributed by atoms with Crippen LogP contribution in [0.4, 0.5) is 5.00 Å². The van der Waals surface area contributed by atoms with Crippen molar-refractivity contribution in [2.45, 2.75) is 76.6 Å². The lowest BCUT2D eigenvalue weighted by atomic mass is 10.0. The number of aryl methyl sites for hydroxylation is 1. The van der Waals surface area contributed by atoms with Gasteiger partial charge in [-0.3, -0.25) is 9.36 Å². The molecule has 3 aromatic rings. The lowest BCUT2D eigenvalue weighted by molar-refractivity contribution is -0.113. The van der Waals surface area contributed by atoms with Crippen LogP contribution < -0.4 is 10.1 Å². The zero-order chi connectivity index (χ0) is 26.4. The van der Waals surface area contributed by atoms with Crippen LogP contribution >= 0.6 is 23.1 Å². The minimum Gasteiger partial charge on any atom is -0.483 e. The first-order chi connectivity index (χ1) is 17.9. The number of rotatable bonds is 10. The molecule has 1 atom stereocenters. The fourth-order valence-corrected chi connectivity index (χ4v) is 6.45. The molecule has 9 heteroatoms. The molecule has 1 aliphatic rings. The van der Waals surface area contributed by atoms with Crippen molar-refractivity contribution in [1.29, 1.82) is 5.26 Å². The zero-order valence-electron chi connectivity index (χ0n) is 21.6. The van der Waals surface area contributed by atoms with Crippen LogP contribution in [0.15, 0.2) is 42.1 Å². The van der Waals surface area contributed by atoms with Gasteiger partial charge in [0.25, 0.3) is 0 Å². The van der Waals surface area contributed by atoms with Gasteiger partial charge in [0.2, 0.25) is 5.91 Å². The standard InChI is InChI=1S/C28H33N5O2S2/c1-5-15-33-26(19(4)35-21-13-11-20(12-14-21)18(2)3)31-32-28(33)36-17-25(34)30-27-23(16-29)22-9-7-6-8-10-24(22)37-27/h5,11-14,18-19H,1,6-10,15,17H2,2-4H3,(H,30,34). The lowest BCUT2D eigenvalue weighted by Gasteiger charge is -2.16. The highest BCUT2D eigenvalue weighted by Crippen LogP contribution is 2.37. The summed E-state index contributed by atoms with van der Waals surface area (Å²) in [6.45, 7) is 10.6. The van der Waals surface area contributed by atoms with E-state index >= 15 is 0 Å². The van der Waals surface area contributed by atoms with E-state index in [1.807, 2.05) is 23.6 Å². The van der Waals surface area contributed by atoms with Gasteiger partial charge in [0.1, 0.15) is 16.8 Å². The first kappa shape index (κ1) is 27.0. The van der Waals surface area contributed by atoms with E-state index in [1.165, 1.54) is 28.6 Å². The Bertz CT molecular complexity index is 1290. The highest BCUT2D eigenvalue weighted by molar-refractivity contribution is 7.99. The summed E-state index contributed by atoms with van der Waals surface area (Å²) in [4.78, 5) is 14.1. The van der Waals surface area contributed by atoms with Gasteiger partial charge in [0.15, 0.2) is 17.1 Å². The first-order valence-corrected chi connectivity index (χ1v) is 14.5. The second-order valence-corrected chi connectivity index (χ2v) is 11.5. The Morgan fingerprint density at radius 3 is 2.70 bits per heavy atom. The van der Waals surface area contributed by atoms with E-state index in [1.54, 1.807) is 17.4 Å². The second kappa shape index (κ2) is 12.4. The minimum absolute atomic E-state index is 0.161. The molecule has 2 heterocycles. The van der Waals surface area contributed by atoms with Crippen molar-refractivity contribution >= 4 is 34.0 Å². The fraction of sp³-hybridized carbons (Fsp3) is 0.429. The van der Waals surface area contributed by atoms with E-state index in [-0.39, 0.29) is 17.8 Å². The molecule has 1 amide bonds. The van der Waals surface area contributed by atoms with Crippen molar-refractivity contribution in [3.63, 3.8) is 0 Å². The highest BCUT2D eigenvalue weighted by Gasteiger charge is 2.23. The molecule has 0 aliphatic heterocycles. The van der Waals surface area contributed by atoms with Crippen LogP contribution in [-0.4, -0.2) is 26.4 Å². The molecule has 37 heavy (non-hydrogen) atoms. The van der Waals surface area contributed by atoms with E-state index in [2.05, 4.69) is 54.1 Å². The van der Waals surface area contributed by atoms with E-state index < -0.39 is 0 Å². The summed E-state index contributed by atoms with van der Waals surface area (Å²) in [7, 11) is 0. The van der Waals surface area contributed by atoms with Crippen LogP contribution in [0.5, 0.6) is 5.75 Å². The number of amides is 1. The van der Waals surface area contributed by atoms with Gasteiger partial charge >= 0.3 is 0 Å². The number of ether oxygens (including phenoxy) is 1. The number of carbonyl (C=O) groups is 1. The smallest absolute Gasteiger partial charge is 0.235 e. The van der Waals surface area contributed by atoms with Gasteiger partial charge in [0.05, 0.1) is 11.3 Å². The Balaban J connectivity index is 1.42. The van der Waals surface area contributed by atoms with Crippen LogP contribution in [0.1, 0.15) is 79.4 Å². The maximum atomic E-state index is 12.8. The second-order valence-electron chi connectivity index (χ2n) is 9.44. The number of thioether (sulfide) groups is 1. The quantitative estimate of drug-likeness (QED) is 0.177. The molecule has 1 N–H and O–H groups in total. The van der Waals surface area contributed by atoms with Gasteiger partial charge in [-0.1, -0.05) is 50.2 Å². The number of hydrogen-bond donors (Lipinski definition) is 1. The maximum absolute atomic E-state index is 12.8. The van der Waals surface area contributed by atoms with Crippen molar-refractivity contribution in [2.75, 3.05) is 11.1 Å². The molecule has 0 radical (unpaired) electrons. The molecule has 7 nitrogen and oxygen atoms in total. The number of nitrogens with zero attached hydrogens (tertiary/aromatic N) is 4. The highest BCUT2D eigenvalue weighted by atomic mass is 32.2. The number of thiophene rings is 1. The molecule has 4 rings (SSSR count). The summed E-state index contributed by atoms with van der Waals surface area (Å²) in [6.07, 6.45) is 6.75. The monoisotopic (exact) mass is 535 g/mol. The summed E-state index contributed by atoms with van der Waals surface area (Å²) >= 11 is 2.86. The van der Waals surface area contributed by atoms with E-state index in [4.69, 9.17) is 4.74 Å². The van der Waals surface area contributed by atoms with E-state index in [0.717, 1.165) is 37.0 Å². The molecule has 0 saturated carbocycles. The van der Waals surface area contributed by atoms with Gasteiger partial charge < -0.3 is 10.1 Å².